The zero-order valence-corrected chi connectivity index (χ0v) is 8.28. The van der Waals surface area contributed by atoms with Crippen LogP contribution in [0.2, 0.25) is 0 Å². The third kappa shape index (κ3) is 1.31. The van der Waals surface area contributed by atoms with Crippen LogP contribution in [-0.2, 0) is 6.42 Å². The fourth-order valence-electron chi connectivity index (χ4n) is 3.32. The molecule has 1 heterocycles. The molecule has 3 nitrogen and oxygen atoms in total. The third-order valence-corrected chi connectivity index (χ3v) is 3.93. The highest BCUT2D eigenvalue weighted by Gasteiger charge is 2.39. The Labute approximate surface area is 83.6 Å². The number of aromatic nitrogens is 1. The van der Waals surface area contributed by atoms with E-state index in [1.807, 2.05) is 6.07 Å². The van der Waals surface area contributed by atoms with Gasteiger partial charge in [0.15, 0.2) is 0 Å². The standard InChI is InChI=1S/C11H16N2O/c12-11-6-10(13-14-11)5-9-4-7-1-2-8(9)3-7/h6-9H,1-5,12H2/t7-,8+,9-/m0/s1. The van der Waals surface area contributed by atoms with Crippen LogP contribution in [0.3, 0.4) is 0 Å². The van der Waals surface area contributed by atoms with Gasteiger partial charge in [-0.3, -0.25) is 0 Å². The van der Waals surface area contributed by atoms with Gasteiger partial charge in [-0.15, -0.1) is 0 Å². The van der Waals surface area contributed by atoms with Crippen molar-refractivity contribution < 1.29 is 4.52 Å². The van der Waals surface area contributed by atoms with E-state index in [4.69, 9.17) is 10.3 Å². The van der Waals surface area contributed by atoms with Crippen molar-refractivity contribution in [2.24, 2.45) is 17.8 Å². The van der Waals surface area contributed by atoms with Crippen LogP contribution in [0, 0.1) is 17.8 Å². The van der Waals surface area contributed by atoms with Gasteiger partial charge in [0.2, 0.25) is 5.88 Å². The predicted molar refractivity (Wildman–Crippen MR) is 53.6 cm³/mol. The Hall–Kier alpha value is -0.990. The maximum absolute atomic E-state index is 5.50. The molecule has 1 aromatic heterocycles. The van der Waals surface area contributed by atoms with Gasteiger partial charge in [-0.25, -0.2) is 0 Å². The van der Waals surface area contributed by atoms with Gasteiger partial charge in [-0.1, -0.05) is 11.6 Å². The van der Waals surface area contributed by atoms with Crippen LogP contribution in [0.4, 0.5) is 5.88 Å². The number of rotatable bonds is 2. The van der Waals surface area contributed by atoms with Gasteiger partial charge in [0.25, 0.3) is 0 Å². The molecule has 0 aromatic carbocycles. The van der Waals surface area contributed by atoms with Crippen LogP contribution in [0.25, 0.3) is 0 Å². The van der Waals surface area contributed by atoms with Crippen molar-refractivity contribution in [3.8, 4) is 0 Å². The number of nitrogens with two attached hydrogens (primary N) is 1. The van der Waals surface area contributed by atoms with E-state index in [0.29, 0.717) is 5.88 Å². The molecule has 76 valence electrons. The van der Waals surface area contributed by atoms with Gasteiger partial charge in [-0.05, 0) is 43.4 Å². The van der Waals surface area contributed by atoms with Gasteiger partial charge >= 0.3 is 0 Å². The summed E-state index contributed by atoms with van der Waals surface area (Å²) in [4.78, 5) is 0. The Morgan fingerprint density at radius 1 is 1.43 bits per heavy atom. The van der Waals surface area contributed by atoms with Crippen LogP contribution < -0.4 is 5.73 Å². The van der Waals surface area contributed by atoms with E-state index in [1.165, 1.54) is 25.7 Å². The summed E-state index contributed by atoms with van der Waals surface area (Å²) in [6.07, 6.45) is 6.82. The van der Waals surface area contributed by atoms with Crippen molar-refractivity contribution >= 4 is 5.88 Å². The molecule has 3 heteroatoms. The summed E-state index contributed by atoms with van der Waals surface area (Å²) in [6, 6.07) is 1.87. The second kappa shape index (κ2) is 3.01. The minimum Gasteiger partial charge on any atom is -0.368 e. The van der Waals surface area contributed by atoms with Gasteiger partial charge in [0.1, 0.15) is 0 Å². The Balaban J connectivity index is 1.68. The summed E-state index contributed by atoms with van der Waals surface area (Å²) in [6.45, 7) is 0. The van der Waals surface area contributed by atoms with E-state index in [9.17, 15) is 0 Å². The van der Waals surface area contributed by atoms with Crippen LogP contribution in [0.5, 0.6) is 0 Å². The molecule has 3 atom stereocenters. The lowest BCUT2D eigenvalue weighted by Gasteiger charge is -2.19. The maximum Gasteiger partial charge on any atom is 0.222 e. The first-order valence-corrected chi connectivity index (χ1v) is 5.52. The summed E-state index contributed by atoms with van der Waals surface area (Å²) in [7, 11) is 0. The first kappa shape index (κ1) is 8.33. The fourth-order valence-corrected chi connectivity index (χ4v) is 3.32. The number of nitrogens with zero attached hydrogens (tertiary/aromatic N) is 1. The maximum atomic E-state index is 5.50. The molecule has 0 amide bonds. The normalized spacial score (nSPS) is 35.3. The van der Waals surface area contributed by atoms with E-state index in [0.717, 1.165) is 29.9 Å². The number of hydrogen-bond donors (Lipinski definition) is 1. The average molecular weight is 192 g/mol. The summed E-state index contributed by atoms with van der Waals surface area (Å²) < 4.78 is 4.88. The number of anilines is 1. The Bertz CT molecular complexity index is 334. The quantitative estimate of drug-likeness (QED) is 0.781. The highest BCUT2D eigenvalue weighted by molar-refractivity contribution is 5.24. The van der Waals surface area contributed by atoms with Gasteiger partial charge in [-0.2, -0.15) is 0 Å². The lowest BCUT2D eigenvalue weighted by Crippen LogP contribution is -2.13. The van der Waals surface area contributed by atoms with Crippen molar-refractivity contribution in [3.05, 3.63) is 11.8 Å². The van der Waals surface area contributed by atoms with Crippen molar-refractivity contribution in [3.63, 3.8) is 0 Å². The van der Waals surface area contributed by atoms with E-state index in [1.54, 1.807) is 0 Å². The smallest absolute Gasteiger partial charge is 0.222 e. The number of nitrogen functional groups attached to an aromatic ring is 1. The molecule has 2 aliphatic carbocycles. The van der Waals surface area contributed by atoms with E-state index >= 15 is 0 Å². The highest BCUT2D eigenvalue weighted by Crippen LogP contribution is 2.49. The lowest BCUT2D eigenvalue weighted by molar-refractivity contribution is 0.322. The SMILES string of the molecule is Nc1cc(C[C@@H]2C[C@H]3CC[C@@H]2C3)no1. The first-order chi connectivity index (χ1) is 6.81. The van der Waals surface area contributed by atoms with Crippen molar-refractivity contribution in [1.82, 2.24) is 5.16 Å². The largest absolute Gasteiger partial charge is 0.368 e. The molecule has 0 unspecified atom stereocenters. The lowest BCUT2D eigenvalue weighted by atomic mass is 9.85. The molecule has 0 spiro atoms. The van der Waals surface area contributed by atoms with Gasteiger partial charge in [0.05, 0.1) is 5.69 Å². The molecule has 2 saturated carbocycles. The molecule has 3 rings (SSSR count). The number of fused-ring (bicyclic) bond motifs is 2. The van der Waals surface area contributed by atoms with E-state index in [2.05, 4.69) is 5.16 Å². The molecular weight excluding hydrogens is 176 g/mol. The van der Waals surface area contributed by atoms with Crippen molar-refractivity contribution in [2.45, 2.75) is 32.1 Å². The minimum absolute atomic E-state index is 0.447. The topological polar surface area (TPSA) is 52.0 Å². The molecule has 1 aromatic rings. The molecule has 2 fully saturated rings. The first-order valence-electron chi connectivity index (χ1n) is 5.52. The Kier molecular flexibility index (Phi) is 1.79. The van der Waals surface area contributed by atoms with Gasteiger partial charge in [0, 0.05) is 6.07 Å². The molecule has 2 bridgehead atoms. The van der Waals surface area contributed by atoms with Gasteiger partial charge < -0.3 is 10.3 Å². The summed E-state index contributed by atoms with van der Waals surface area (Å²) in [5, 5.41) is 3.96. The summed E-state index contributed by atoms with van der Waals surface area (Å²) in [5.41, 5.74) is 6.54. The minimum atomic E-state index is 0.447. The molecule has 0 radical (unpaired) electrons. The molecular formula is C11H16N2O. The zero-order valence-electron chi connectivity index (χ0n) is 8.28. The van der Waals surface area contributed by atoms with E-state index < -0.39 is 0 Å². The molecule has 2 aliphatic rings. The number of hydrogen-bond acceptors (Lipinski definition) is 3. The molecule has 0 aliphatic heterocycles. The average Bonchev–Trinajstić information content (AvgIpc) is 2.82. The highest BCUT2D eigenvalue weighted by atomic mass is 16.5. The molecule has 0 saturated heterocycles. The third-order valence-electron chi connectivity index (χ3n) is 3.93. The second-order valence-electron chi connectivity index (χ2n) is 4.86. The van der Waals surface area contributed by atoms with Crippen LogP contribution in [-0.4, -0.2) is 5.16 Å². The molecule has 14 heavy (non-hydrogen) atoms. The van der Waals surface area contributed by atoms with Crippen LogP contribution in [0.1, 0.15) is 31.4 Å². The predicted octanol–water partition coefficient (Wildman–Crippen LogP) is 2.24. The fraction of sp³-hybridized carbons (Fsp3) is 0.727. The second-order valence-corrected chi connectivity index (χ2v) is 4.86. The molecule has 2 N–H and O–H groups in total. The summed E-state index contributed by atoms with van der Waals surface area (Å²) >= 11 is 0. The Morgan fingerprint density at radius 3 is 2.93 bits per heavy atom. The van der Waals surface area contributed by atoms with Crippen LogP contribution >= 0.6 is 0 Å². The zero-order chi connectivity index (χ0) is 9.54. The Morgan fingerprint density at radius 2 is 2.36 bits per heavy atom. The van der Waals surface area contributed by atoms with E-state index in [-0.39, 0.29) is 0 Å². The van der Waals surface area contributed by atoms with Crippen molar-refractivity contribution in [2.75, 3.05) is 5.73 Å². The monoisotopic (exact) mass is 192 g/mol. The summed E-state index contributed by atoms with van der Waals surface area (Å²) in [5.74, 6) is 3.26. The van der Waals surface area contributed by atoms with Crippen molar-refractivity contribution in [1.29, 1.82) is 0 Å². The van der Waals surface area contributed by atoms with Crippen LogP contribution in [0.15, 0.2) is 10.6 Å².